The van der Waals surface area contributed by atoms with Crippen LogP contribution in [0.25, 0.3) is 0 Å². The van der Waals surface area contributed by atoms with Crippen LogP contribution in [0.1, 0.15) is 34.8 Å². The first-order valence-corrected chi connectivity index (χ1v) is 8.82. The monoisotopic (exact) mass is 322 g/mol. The molecule has 0 N–H and O–H groups in total. The van der Waals surface area contributed by atoms with E-state index in [1.54, 1.807) is 0 Å². The normalized spacial score (nSPS) is 15.5. The molecule has 0 spiro atoms. The molecular weight excluding hydrogens is 296 g/mol. The van der Waals surface area contributed by atoms with Gasteiger partial charge in [0.1, 0.15) is 0 Å². The van der Waals surface area contributed by atoms with E-state index in [-0.39, 0.29) is 5.78 Å². The first-order valence-electron chi connectivity index (χ1n) is 8.82. The Hall–Kier alpha value is -2.13. The number of hydrogen-bond donors (Lipinski definition) is 0. The van der Waals surface area contributed by atoms with Crippen LogP contribution in [0.2, 0.25) is 0 Å². The highest BCUT2D eigenvalue weighted by Gasteiger charge is 2.17. The second-order valence-corrected chi connectivity index (χ2v) is 6.57. The molecule has 3 nitrogen and oxygen atoms in total. The molecule has 0 atom stereocenters. The van der Waals surface area contributed by atoms with E-state index in [4.69, 9.17) is 0 Å². The van der Waals surface area contributed by atoms with Gasteiger partial charge < -0.3 is 4.90 Å². The molecule has 0 bridgehead atoms. The summed E-state index contributed by atoms with van der Waals surface area (Å²) in [6, 6.07) is 16.9. The molecule has 1 fully saturated rings. The maximum Gasteiger partial charge on any atom is 0.162 e. The summed E-state index contributed by atoms with van der Waals surface area (Å²) < 4.78 is 0. The number of ketones is 1. The Morgan fingerprint density at radius 1 is 0.917 bits per heavy atom. The molecule has 24 heavy (non-hydrogen) atoms. The maximum atomic E-state index is 11.7. The zero-order valence-electron chi connectivity index (χ0n) is 14.7. The average molecular weight is 322 g/mol. The summed E-state index contributed by atoms with van der Waals surface area (Å²) in [6.07, 6.45) is 0.570. The third-order valence-electron chi connectivity index (χ3n) is 4.77. The summed E-state index contributed by atoms with van der Waals surface area (Å²) >= 11 is 0. The van der Waals surface area contributed by atoms with Crippen molar-refractivity contribution >= 4 is 11.5 Å². The summed E-state index contributed by atoms with van der Waals surface area (Å²) in [5.74, 6) is 0.216. The molecule has 0 aromatic heterocycles. The van der Waals surface area contributed by atoms with E-state index < -0.39 is 0 Å². The molecule has 126 valence electrons. The van der Waals surface area contributed by atoms with E-state index in [9.17, 15) is 4.79 Å². The van der Waals surface area contributed by atoms with Gasteiger partial charge in [-0.25, -0.2) is 0 Å². The van der Waals surface area contributed by atoms with Crippen molar-refractivity contribution < 1.29 is 4.79 Å². The predicted molar refractivity (Wildman–Crippen MR) is 99.7 cm³/mol. The van der Waals surface area contributed by atoms with E-state index in [1.807, 2.05) is 19.1 Å². The van der Waals surface area contributed by atoms with Crippen molar-refractivity contribution in [1.29, 1.82) is 0 Å². The Bertz CT molecular complexity index is 668. The van der Waals surface area contributed by atoms with Gasteiger partial charge in [0, 0.05) is 50.4 Å². The predicted octanol–water partition coefficient (Wildman–Crippen LogP) is 3.91. The quantitative estimate of drug-likeness (QED) is 0.780. The maximum absolute atomic E-state index is 11.7. The van der Waals surface area contributed by atoms with Crippen LogP contribution in [-0.4, -0.2) is 36.9 Å². The van der Waals surface area contributed by atoms with Crippen LogP contribution in [0.5, 0.6) is 0 Å². The van der Waals surface area contributed by atoms with Crippen molar-refractivity contribution in [2.24, 2.45) is 0 Å². The van der Waals surface area contributed by atoms with Gasteiger partial charge in [0.05, 0.1) is 0 Å². The number of aryl methyl sites for hydroxylation is 1. The van der Waals surface area contributed by atoms with Gasteiger partial charge in [0.15, 0.2) is 5.78 Å². The summed E-state index contributed by atoms with van der Waals surface area (Å²) in [7, 11) is 0. The largest absolute Gasteiger partial charge is 0.369 e. The number of nitrogens with zero attached hydrogens (tertiary/aromatic N) is 2. The van der Waals surface area contributed by atoms with E-state index in [0.29, 0.717) is 6.42 Å². The molecule has 0 aliphatic carbocycles. The lowest BCUT2D eigenvalue weighted by molar-refractivity contribution is 0.0988. The SMILES string of the molecule is CCC(=O)c1ccc(CN2CCN(c3ccc(C)cc3)CC2)cc1. The molecule has 1 heterocycles. The van der Waals surface area contributed by atoms with Crippen molar-refractivity contribution in [3.05, 3.63) is 65.2 Å². The Morgan fingerprint density at radius 2 is 1.54 bits per heavy atom. The zero-order valence-corrected chi connectivity index (χ0v) is 14.7. The van der Waals surface area contributed by atoms with Crippen LogP contribution in [0.15, 0.2) is 48.5 Å². The van der Waals surface area contributed by atoms with Gasteiger partial charge in [-0.05, 0) is 24.6 Å². The minimum Gasteiger partial charge on any atom is -0.369 e. The number of carbonyl (C=O) groups is 1. The van der Waals surface area contributed by atoms with Gasteiger partial charge in [0.25, 0.3) is 0 Å². The van der Waals surface area contributed by atoms with Gasteiger partial charge in [-0.1, -0.05) is 48.9 Å². The van der Waals surface area contributed by atoms with Crippen LogP contribution < -0.4 is 4.90 Å². The molecule has 3 rings (SSSR count). The molecular formula is C21H26N2O. The molecule has 1 saturated heterocycles. The summed E-state index contributed by atoms with van der Waals surface area (Å²) in [5, 5.41) is 0. The molecule has 0 amide bonds. The molecule has 3 heteroatoms. The van der Waals surface area contributed by atoms with E-state index in [0.717, 1.165) is 38.3 Å². The molecule has 1 aliphatic heterocycles. The molecule has 0 saturated carbocycles. The van der Waals surface area contributed by atoms with E-state index in [2.05, 4.69) is 53.1 Å². The van der Waals surface area contributed by atoms with Gasteiger partial charge >= 0.3 is 0 Å². The smallest absolute Gasteiger partial charge is 0.162 e. The van der Waals surface area contributed by atoms with Crippen molar-refractivity contribution in [2.75, 3.05) is 31.1 Å². The number of carbonyl (C=O) groups excluding carboxylic acids is 1. The number of rotatable bonds is 5. The Morgan fingerprint density at radius 3 is 2.12 bits per heavy atom. The second-order valence-electron chi connectivity index (χ2n) is 6.57. The van der Waals surface area contributed by atoms with Crippen molar-refractivity contribution in [3.63, 3.8) is 0 Å². The van der Waals surface area contributed by atoms with Gasteiger partial charge in [-0.2, -0.15) is 0 Å². The van der Waals surface area contributed by atoms with Crippen LogP contribution >= 0.6 is 0 Å². The fraction of sp³-hybridized carbons (Fsp3) is 0.381. The lowest BCUT2D eigenvalue weighted by atomic mass is 10.1. The Balaban J connectivity index is 1.53. The summed E-state index contributed by atoms with van der Waals surface area (Å²) in [5.41, 5.74) is 4.74. The number of hydrogen-bond acceptors (Lipinski definition) is 3. The van der Waals surface area contributed by atoms with Gasteiger partial charge in [-0.3, -0.25) is 9.69 Å². The zero-order chi connectivity index (χ0) is 16.9. The first kappa shape index (κ1) is 16.7. The number of anilines is 1. The molecule has 1 aliphatic rings. The number of piperazine rings is 1. The minimum atomic E-state index is 0.216. The standard InChI is InChI=1S/C21H26N2O/c1-3-21(24)19-8-6-18(7-9-19)16-22-12-14-23(15-13-22)20-10-4-17(2)5-11-20/h4-11H,3,12-16H2,1-2H3. The minimum absolute atomic E-state index is 0.216. The van der Waals surface area contributed by atoms with E-state index in [1.165, 1.54) is 16.8 Å². The third-order valence-corrected chi connectivity index (χ3v) is 4.77. The fourth-order valence-corrected chi connectivity index (χ4v) is 3.18. The Kier molecular flexibility index (Phi) is 5.31. The van der Waals surface area contributed by atoms with Crippen LogP contribution in [-0.2, 0) is 6.54 Å². The van der Waals surface area contributed by atoms with Crippen molar-refractivity contribution in [1.82, 2.24) is 4.90 Å². The highest BCUT2D eigenvalue weighted by atomic mass is 16.1. The molecule has 2 aromatic rings. The van der Waals surface area contributed by atoms with Crippen LogP contribution in [0.3, 0.4) is 0 Å². The Labute approximate surface area is 144 Å². The molecule has 2 aromatic carbocycles. The molecule has 0 radical (unpaired) electrons. The summed E-state index contributed by atoms with van der Waals surface area (Å²) in [6.45, 7) is 9.27. The van der Waals surface area contributed by atoms with Crippen molar-refractivity contribution in [2.45, 2.75) is 26.8 Å². The van der Waals surface area contributed by atoms with Crippen LogP contribution in [0, 0.1) is 6.92 Å². The third kappa shape index (κ3) is 4.04. The van der Waals surface area contributed by atoms with Crippen LogP contribution in [0.4, 0.5) is 5.69 Å². The fourth-order valence-electron chi connectivity index (χ4n) is 3.18. The van der Waals surface area contributed by atoms with Gasteiger partial charge in [-0.15, -0.1) is 0 Å². The van der Waals surface area contributed by atoms with Gasteiger partial charge in [0.2, 0.25) is 0 Å². The average Bonchev–Trinajstić information content (AvgIpc) is 2.63. The highest BCUT2D eigenvalue weighted by Crippen LogP contribution is 2.18. The van der Waals surface area contributed by atoms with E-state index >= 15 is 0 Å². The first-order chi connectivity index (χ1) is 11.7. The number of benzene rings is 2. The summed E-state index contributed by atoms with van der Waals surface area (Å²) in [4.78, 5) is 16.6. The highest BCUT2D eigenvalue weighted by molar-refractivity contribution is 5.95. The molecule has 0 unspecified atom stereocenters. The topological polar surface area (TPSA) is 23.6 Å². The number of Topliss-reactive ketones (excluding diaryl/α,β-unsaturated/α-hetero) is 1. The second kappa shape index (κ2) is 7.63. The lowest BCUT2D eigenvalue weighted by Crippen LogP contribution is -2.45. The lowest BCUT2D eigenvalue weighted by Gasteiger charge is -2.36. The van der Waals surface area contributed by atoms with Crippen molar-refractivity contribution in [3.8, 4) is 0 Å².